The van der Waals surface area contributed by atoms with E-state index in [1.54, 1.807) is 0 Å². The summed E-state index contributed by atoms with van der Waals surface area (Å²) in [6, 6.07) is 3.06. The van der Waals surface area contributed by atoms with Crippen LogP contribution in [0.2, 0.25) is 0 Å². The first-order chi connectivity index (χ1) is 9.15. The van der Waals surface area contributed by atoms with Crippen molar-refractivity contribution in [3.8, 4) is 0 Å². The Labute approximate surface area is 116 Å². The normalized spacial score (nSPS) is 25.5. The Morgan fingerprint density at radius 2 is 2.11 bits per heavy atom. The number of aromatic nitrogens is 2. The number of nitrogens with zero attached hydrogens (tertiary/aromatic N) is 3. The summed E-state index contributed by atoms with van der Waals surface area (Å²) in [4.78, 5) is 11.2. The van der Waals surface area contributed by atoms with Crippen LogP contribution in [0.25, 0.3) is 0 Å². The molecular weight excluding hydrogens is 236 g/mol. The van der Waals surface area contributed by atoms with Crippen LogP contribution in [0.4, 0.5) is 0 Å². The zero-order chi connectivity index (χ0) is 13.7. The first-order valence-electron chi connectivity index (χ1n) is 7.38. The zero-order valence-corrected chi connectivity index (χ0v) is 12.3. The molecule has 2 unspecified atom stereocenters. The number of nitrogens with one attached hydrogen (secondary N) is 1. The largest absolute Gasteiger partial charge is 0.313 e. The van der Waals surface area contributed by atoms with Crippen molar-refractivity contribution in [1.29, 1.82) is 0 Å². The van der Waals surface area contributed by atoms with Crippen molar-refractivity contribution < 1.29 is 0 Å². The summed E-state index contributed by atoms with van der Waals surface area (Å²) in [5.41, 5.74) is 0. The Kier molecular flexibility index (Phi) is 5.28. The zero-order valence-electron chi connectivity index (χ0n) is 12.3. The van der Waals surface area contributed by atoms with Gasteiger partial charge in [0, 0.05) is 31.0 Å². The van der Waals surface area contributed by atoms with Gasteiger partial charge >= 0.3 is 0 Å². The second-order valence-corrected chi connectivity index (χ2v) is 6.01. The van der Waals surface area contributed by atoms with Crippen molar-refractivity contribution in [2.45, 2.75) is 52.2 Å². The second-order valence-electron chi connectivity index (χ2n) is 6.01. The van der Waals surface area contributed by atoms with Gasteiger partial charge in [0.25, 0.3) is 0 Å². The van der Waals surface area contributed by atoms with Crippen LogP contribution in [0, 0.1) is 5.92 Å². The molecule has 106 valence electrons. The van der Waals surface area contributed by atoms with Crippen molar-refractivity contribution in [3.63, 3.8) is 0 Å². The maximum atomic E-state index is 4.35. The van der Waals surface area contributed by atoms with Crippen molar-refractivity contribution in [3.05, 3.63) is 24.3 Å². The molecule has 19 heavy (non-hydrogen) atoms. The Morgan fingerprint density at radius 1 is 1.37 bits per heavy atom. The van der Waals surface area contributed by atoms with Gasteiger partial charge in [-0.2, -0.15) is 0 Å². The van der Waals surface area contributed by atoms with E-state index in [1.807, 2.05) is 18.5 Å². The van der Waals surface area contributed by atoms with Crippen LogP contribution in [-0.2, 0) is 6.54 Å². The highest BCUT2D eigenvalue weighted by Crippen LogP contribution is 2.15. The van der Waals surface area contributed by atoms with Crippen LogP contribution in [0.1, 0.15) is 39.4 Å². The van der Waals surface area contributed by atoms with E-state index in [0.717, 1.165) is 31.4 Å². The molecule has 0 aromatic carbocycles. The molecule has 4 nitrogen and oxygen atoms in total. The standard InChI is InChI=1S/C15H26N4/c1-12(2)9-14-10-19(13(3)5-8-16-14)11-15-17-6-4-7-18-15/h4,6-7,12-14,16H,5,8-11H2,1-3H3. The minimum absolute atomic E-state index is 0.591. The van der Waals surface area contributed by atoms with Crippen molar-refractivity contribution in [2.75, 3.05) is 13.1 Å². The molecule has 1 aromatic heterocycles. The van der Waals surface area contributed by atoms with Crippen LogP contribution in [0.5, 0.6) is 0 Å². The van der Waals surface area contributed by atoms with E-state index in [9.17, 15) is 0 Å². The summed E-state index contributed by atoms with van der Waals surface area (Å²) >= 11 is 0. The lowest BCUT2D eigenvalue weighted by atomic mass is 10.0. The molecule has 0 radical (unpaired) electrons. The highest BCUT2D eigenvalue weighted by atomic mass is 15.2. The molecule has 1 aliphatic rings. The molecule has 2 atom stereocenters. The number of hydrogen-bond donors (Lipinski definition) is 1. The fourth-order valence-electron chi connectivity index (χ4n) is 2.75. The highest BCUT2D eigenvalue weighted by Gasteiger charge is 2.23. The lowest BCUT2D eigenvalue weighted by molar-refractivity contribution is 0.185. The average Bonchev–Trinajstić information content (AvgIpc) is 2.53. The summed E-state index contributed by atoms with van der Waals surface area (Å²) in [5.74, 6) is 1.67. The van der Waals surface area contributed by atoms with Crippen LogP contribution in [-0.4, -0.2) is 40.0 Å². The monoisotopic (exact) mass is 262 g/mol. The van der Waals surface area contributed by atoms with E-state index >= 15 is 0 Å². The topological polar surface area (TPSA) is 41.1 Å². The lowest BCUT2D eigenvalue weighted by Crippen LogP contribution is -2.40. The molecule has 2 rings (SSSR count). The average molecular weight is 262 g/mol. The van der Waals surface area contributed by atoms with Gasteiger partial charge in [0.05, 0.1) is 6.54 Å². The Morgan fingerprint density at radius 3 is 2.79 bits per heavy atom. The molecule has 0 aliphatic carbocycles. The molecule has 0 spiro atoms. The number of rotatable bonds is 4. The SMILES string of the molecule is CC(C)CC1CN(Cc2ncccn2)C(C)CCN1. The van der Waals surface area contributed by atoms with Gasteiger partial charge in [0.15, 0.2) is 0 Å². The van der Waals surface area contributed by atoms with Gasteiger partial charge in [-0.05, 0) is 38.3 Å². The summed E-state index contributed by atoms with van der Waals surface area (Å²) in [6.45, 7) is 9.96. The summed E-state index contributed by atoms with van der Waals surface area (Å²) in [5, 5.41) is 3.68. The maximum Gasteiger partial charge on any atom is 0.142 e. The summed E-state index contributed by atoms with van der Waals surface area (Å²) < 4.78 is 0. The van der Waals surface area contributed by atoms with Gasteiger partial charge in [-0.25, -0.2) is 9.97 Å². The van der Waals surface area contributed by atoms with Gasteiger partial charge in [-0.15, -0.1) is 0 Å². The Hall–Kier alpha value is -1.00. The van der Waals surface area contributed by atoms with Gasteiger partial charge in [0.1, 0.15) is 5.82 Å². The summed E-state index contributed by atoms with van der Waals surface area (Å²) in [7, 11) is 0. The molecule has 0 saturated carbocycles. The van der Waals surface area contributed by atoms with Crippen molar-refractivity contribution in [1.82, 2.24) is 20.2 Å². The van der Waals surface area contributed by atoms with Gasteiger partial charge in [0.2, 0.25) is 0 Å². The minimum Gasteiger partial charge on any atom is -0.313 e. The molecule has 0 bridgehead atoms. The molecule has 1 saturated heterocycles. The van der Waals surface area contributed by atoms with Crippen LogP contribution in [0.3, 0.4) is 0 Å². The second kappa shape index (κ2) is 6.96. The maximum absolute atomic E-state index is 4.35. The fourth-order valence-corrected chi connectivity index (χ4v) is 2.75. The van der Waals surface area contributed by atoms with Gasteiger partial charge in [-0.1, -0.05) is 13.8 Å². The van der Waals surface area contributed by atoms with Crippen molar-refractivity contribution in [2.24, 2.45) is 5.92 Å². The molecule has 1 aliphatic heterocycles. The van der Waals surface area contributed by atoms with Crippen molar-refractivity contribution >= 4 is 0 Å². The third-order valence-electron chi connectivity index (χ3n) is 3.79. The molecular formula is C15H26N4. The molecule has 1 fully saturated rings. The van der Waals surface area contributed by atoms with Crippen LogP contribution in [0.15, 0.2) is 18.5 Å². The molecule has 4 heteroatoms. The Bertz CT molecular complexity index is 366. The quantitative estimate of drug-likeness (QED) is 0.902. The van der Waals surface area contributed by atoms with E-state index < -0.39 is 0 Å². The highest BCUT2D eigenvalue weighted by molar-refractivity contribution is 4.91. The number of hydrogen-bond acceptors (Lipinski definition) is 4. The van der Waals surface area contributed by atoms with Gasteiger partial charge < -0.3 is 5.32 Å². The first-order valence-corrected chi connectivity index (χ1v) is 7.38. The van der Waals surface area contributed by atoms with Gasteiger partial charge in [-0.3, -0.25) is 4.90 Å². The third-order valence-corrected chi connectivity index (χ3v) is 3.79. The molecule has 1 N–H and O–H groups in total. The van der Waals surface area contributed by atoms with E-state index in [-0.39, 0.29) is 0 Å². The Balaban J connectivity index is 1.99. The fraction of sp³-hybridized carbons (Fsp3) is 0.733. The third kappa shape index (κ3) is 4.55. The summed E-state index contributed by atoms with van der Waals surface area (Å²) in [6.07, 6.45) is 6.09. The molecule has 0 amide bonds. The smallest absolute Gasteiger partial charge is 0.142 e. The predicted octanol–water partition coefficient (Wildman–Crippen LogP) is 2.08. The predicted molar refractivity (Wildman–Crippen MR) is 77.8 cm³/mol. The molecule has 1 aromatic rings. The minimum atomic E-state index is 0.591. The van der Waals surface area contributed by atoms with E-state index in [2.05, 4.69) is 41.0 Å². The van der Waals surface area contributed by atoms with E-state index in [1.165, 1.54) is 12.8 Å². The van der Waals surface area contributed by atoms with Crippen LogP contribution < -0.4 is 5.32 Å². The first kappa shape index (κ1) is 14.4. The lowest BCUT2D eigenvalue weighted by Gasteiger charge is -2.28. The molecule has 2 heterocycles. The van der Waals surface area contributed by atoms with E-state index in [4.69, 9.17) is 0 Å². The van der Waals surface area contributed by atoms with Crippen LogP contribution >= 0.6 is 0 Å². The van der Waals surface area contributed by atoms with E-state index in [0.29, 0.717) is 12.1 Å².